The molecule has 0 aliphatic carbocycles. The molecule has 0 unspecified atom stereocenters. The average Bonchev–Trinajstić information content (AvgIpc) is 2.95. The maximum absolute atomic E-state index is 12.8. The Bertz CT molecular complexity index is 1450. The van der Waals surface area contributed by atoms with Gasteiger partial charge in [-0.15, -0.1) is 0 Å². The number of nitrogens with one attached hydrogen (secondary N) is 2. The van der Waals surface area contributed by atoms with Crippen LogP contribution in [0, 0.1) is 0 Å². The first-order valence-corrected chi connectivity index (χ1v) is 15.2. The molecule has 0 bridgehead atoms. The summed E-state index contributed by atoms with van der Waals surface area (Å²) in [5.41, 5.74) is 0.484. The summed E-state index contributed by atoms with van der Waals surface area (Å²) < 4.78 is 59.7. The molecule has 1 aromatic heterocycles. The second-order valence-electron chi connectivity index (χ2n) is 12.6. The fourth-order valence-electron chi connectivity index (χ4n) is 3.87. The van der Waals surface area contributed by atoms with Gasteiger partial charge in [0.25, 0.3) is 0 Å². The molecule has 2 aromatic carbocycles. The van der Waals surface area contributed by atoms with Crippen molar-refractivity contribution in [3.8, 4) is 11.8 Å². The van der Waals surface area contributed by atoms with Gasteiger partial charge in [-0.2, -0.15) is 28.1 Å². The third-order valence-electron chi connectivity index (χ3n) is 5.84. The molecule has 0 atom stereocenters. The van der Waals surface area contributed by atoms with E-state index >= 15 is 0 Å². The third kappa shape index (κ3) is 15.0. The zero-order valence-corrected chi connectivity index (χ0v) is 27.5. The van der Waals surface area contributed by atoms with Crippen molar-refractivity contribution in [1.29, 1.82) is 0 Å². The largest absolute Gasteiger partial charge is 0.494 e. The van der Waals surface area contributed by atoms with Crippen molar-refractivity contribution in [2.75, 3.05) is 23.8 Å². The SMILES string of the molecule is CC(C)(C)OC(=O)CCCCCOc1ccc(CNc2nc(Nc3ccc(C(=O)OC(C)(C)C)cc3)nc(OCC(F)(F)F)n2)cc1. The van der Waals surface area contributed by atoms with Gasteiger partial charge in [0.15, 0.2) is 6.61 Å². The lowest BCUT2D eigenvalue weighted by Crippen LogP contribution is -2.23. The molecule has 3 aromatic rings. The number of hydrogen-bond donors (Lipinski definition) is 2. The number of benzene rings is 2. The monoisotopic (exact) mass is 661 g/mol. The lowest BCUT2D eigenvalue weighted by Gasteiger charge is -2.19. The molecule has 0 saturated carbocycles. The van der Waals surface area contributed by atoms with Crippen molar-refractivity contribution in [3.63, 3.8) is 0 Å². The number of esters is 2. The number of carbonyl (C=O) groups is 2. The predicted octanol–water partition coefficient (Wildman–Crippen LogP) is 7.40. The van der Waals surface area contributed by atoms with Gasteiger partial charge in [0.05, 0.1) is 12.2 Å². The van der Waals surface area contributed by atoms with Crippen LogP contribution in [0.1, 0.15) is 83.1 Å². The summed E-state index contributed by atoms with van der Waals surface area (Å²) in [6.07, 6.45) is -1.88. The number of nitrogens with zero attached hydrogens (tertiary/aromatic N) is 3. The van der Waals surface area contributed by atoms with Crippen LogP contribution in [0.4, 0.5) is 30.8 Å². The number of hydrogen-bond acceptors (Lipinski definition) is 11. The Labute approximate surface area is 272 Å². The highest BCUT2D eigenvalue weighted by Gasteiger charge is 2.29. The van der Waals surface area contributed by atoms with Crippen LogP contribution in [0.15, 0.2) is 48.5 Å². The van der Waals surface area contributed by atoms with Crippen molar-refractivity contribution >= 4 is 29.5 Å². The van der Waals surface area contributed by atoms with Crippen molar-refractivity contribution in [2.45, 2.75) is 91.1 Å². The van der Waals surface area contributed by atoms with Gasteiger partial charge < -0.3 is 29.6 Å². The second-order valence-corrected chi connectivity index (χ2v) is 12.6. The van der Waals surface area contributed by atoms with Crippen LogP contribution in [-0.4, -0.2) is 57.5 Å². The first-order valence-electron chi connectivity index (χ1n) is 15.2. The van der Waals surface area contributed by atoms with Crippen molar-refractivity contribution in [3.05, 3.63) is 59.7 Å². The molecule has 0 aliphatic heterocycles. The Balaban J connectivity index is 1.56. The fourth-order valence-corrected chi connectivity index (χ4v) is 3.87. The Kier molecular flexibility index (Phi) is 12.8. The van der Waals surface area contributed by atoms with Crippen LogP contribution in [0.25, 0.3) is 0 Å². The number of rotatable bonds is 15. The van der Waals surface area contributed by atoms with E-state index in [-0.39, 0.29) is 24.4 Å². The van der Waals surface area contributed by atoms with E-state index in [1.54, 1.807) is 45.0 Å². The highest BCUT2D eigenvalue weighted by atomic mass is 19.4. The molecule has 11 nitrogen and oxygen atoms in total. The number of alkyl halides is 3. The number of unbranched alkanes of at least 4 members (excludes halogenated alkanes) is 2. The minimum absolute atomic E-state index is 0.0169. The lowest BCUT2D eigenvalue weighted by atomic mass is 10.1. The highest BCUT2D eigenvalue weighted by molar-refractivity contribution is 5.90. The van der Waals surface area contributed by atoms with Crippen LogP contribution in [-0.2, 0) is 20.8 Å². The molecular formula is C33H42F3N5O6. The zero-order valence-electron chi connectivity index (χ0n) is 27.5. The molecule has 1 heterocycles. The second kappa shape index (κ2) is 16.3. The first kappa shape index (κ1) is 36.8. The molecule has 0 radical (unpaired) electrons. The minimum Gasteiger partial charge on any atom is -0.494 e. The maximum Gasteiger partial charge on any atom is 0.422 e. The van der Waals surface area contributed by atoms with Crippen LogP contribution >= 0.6 is 0 Å². The van der Waals surface area contributed by atoms with Gasteiger partial charge in [0, 0.05) is 18.7 Å². The third-order valence-corrected chi connectivity index (χ3v) is 5.84. The summed E-state index contributed by atoms with van der Waals surface area (Å²) >= 11 is 0. The number of halogens is 3. The van der Waals surface area contributed by atoms with Gasteiger partial charge in [-0.3, -0.25) is 4.79 Å². The lowest BCUT2D eigenvalue weighted by molar-refractivity contribution is -0.155. The quantitative estimate of drug-likeness (QED) is 0.125. The zero-order chi connectivity index (χ0) is 34.7. The van der Waals surface area contributed by atoms with E-state index in [0.29, 0.717) is 30.0 Å². The smallest absolute Gasteiger partial charge is 0.422 e. The van der Waals surface area contributed by atoms with E-state index in [2.05, 4.69) is 25.6 Å². The summed E-state index contributed by atoms with van der Waals surface area (Å²) in [4.78, 5) is 36.3. The normalized spacial score (nSPS) is 11.9. The number of aromatic nitrogens is 3. The molecular weight excluding hydrogens is 619 g/mol. The number of ether oxygens (including phenoxy) is 4. The molecule has 0 amide bonds. The van der Waals surface area contributed by atoms with Gasteiger partial charge in [-0.05, 0) is 103 Å². The first-order chi connectivity index (χ1) is 21.9. The topological polar surface area (TPSA) is 134 Å². The van der Waals surface area contributed by atoms with Crippen LogP contribution < -0.4 is 20.1 Å². The predicted molar refractivity (Wildman–Crippen MR) is 170 cm³/mol. The van der Waals surface area contributed by atoms with E-state index in [0.717, 1.165) is 24.8 Å². The average molecular weight is 662 g/mol. The van der Waals surface area contributed by atoms with Crippen molar-refractivity contribution in [1.82, 2.24) is 15.0 Å². The Morgan fingerprint density at radius 2 is 1.38 bits per heavy atom. The summed E-state index contributed by atoms with van der Waals surface area (Å²) in [6.45, 7) is 9.97. The highest BCUT2D eigenvalue weighted by Crippen LogP contribution is 2.22. The Morgan fingerprint density at radius 3 is 2.00 bits per heavy atom. The summed E-state index contributed by atoms with van der Waals surface area (Å²) in [5.74, 6) is -0.113. The van der Waals surface area contributed by atoms with E-state index in [1.165, 1.54) is 12.1 Å². The van der Waals surface area contributed by atoms with Gasteiger partial charge in [0.2, 0.25) is 11.9 Å². The molecule has 0 saturated heterocycles. The van der Waals surface area contributed by atoms with Gasteiger partial charge in [0.1, 0.15) is 17.0 Å². The minimum atomic E-state index is -4.59. The maximum atomic E-state index is 12.8. The van der Waals surface area contributed by atoms with Gasteiger partial charge in [-0.1, -0.05) is 12.1 Å². The van der Waals surface area contributed by atoms with Crippen molar-refractivity contribution < 1.29 is 41.7 Å². The van der Waals surface area contributed by atoms with E-state index in [1.807, 2.05) is 32.9 Å². The molecule has 47 heavy (non-hydrogen) atoms. The molecule has 14 heteroatoms. The van der Waals surface area contributed by atoms with Gasteiger partial charge in [-0.25, -0.2) is 4.79 Å². The summed E-state index contributed by atoms with van der Waals surface area (Å²) in [6, 6.07) is 13.0. The standard InChI is InChI=1S/C33H42F3N5O6/c1-31(2,3)46-26(42)10-8-7-9-19-44-25-17-11-22(12-18-25)20-37-28-39-29(41-30(40-28)45-21-33(34,35)36)38-24-15-13-23(14-16-24)27(43)47-32(4,5)6/h11-18H,7-10,19-21H2,1-6H3,(H2,37,38,39,40,41). The van der Waals surface area contributed by atoms with Gasteiger partial charge >= 0.3 is 24.1 Å². The van der Waals surface area contributed by atoms with E-state index in [4.69, 9.17) is 18.9 Å². The number of anilines is 3. The molecule has 0 spiro atoms. The summed E-state index contributed by atoms with van der Waals surface area (Å²) in [5, 5.41) is 5.87. The van der Waals surface area contributed by atoms with E-state index in [9.17, 15) is 22.8 Å². The molecule has 0 aliphatic rings. The van der Waals surface area contributed by atoms with Crippen LogP contribution in [0.3, 0.4) is 0 Å². The van der Waals surface area contributed by atoms with Crippen LogP contribution in [0.2, 0.25) is 0 Å². The fraction of sp³-hybridized carbons (Fsp3) is 0.485. The molecule has 3 rings (SSSR count). The summed E-state index contributed by atoms with van der Waals surface area (Å²) in [7, 11) is 0. The molecule has 256 valence electrons. The van der Waals surface area contributed by atoms with Crippen molar-refractivity contribution in [2.24, 2.45) is 0 Å². The molecule has 2 N–H and O–H groups in total. The Hall–Kier alpha value is -4.62. The molecule has 0 fully saturated rings. The number of carbonyl (C=O) groups excluding carboxylic acids is 2. The van der Waals surface area contributed by atoms with E-state index < -0.39 is 36.0 Å². The Morgan fingerprint density at radius 1 is 0.745 bits per heavy atom. The van der Waals surface area contributed by atoms with Crippen LogP contribution in [0.5, 0.6) is 11.8 Å².